The average Bonchev–Trinajstić information content (AvgIpc) is 3.23. The number of alkyl halides is 1. The summed E-state index contributed by atoms with van der Waals surface area (Å²) in [7, 11) is -1.60. The molecule has 34 heavy (non-hydrogen) atoms. The van der Waals surface area contributed by atoms with Crippen LogP contribution in [0.5, 0.6) is 5.75 Å². The van der Waals surface area contributed by atoms with Crippen molar-refractivity contribution in [3.63, 3.8) is 0 Å². The summed E-state index contributed by atoms with van der Waals surface area (Å²) < 4.78 is 59.6. The Balaban J connectivity index is 1.51. The van der Waals surface area contributed by atoms with E-state index in [0.29, 0.717) is 36.7 Å². The molecule has 11 nitrogen and oxygen atoms in total. The number of fused-ring (bicyclic) bond motifs is 1. The first-order chi connectivity index (χ1) is 16.3. The molecule has 5 heterocycles. The first kappa shape index (κ1) is 22.7. The summed E-state index contributed by atoms with van der Waals surface area (Å²) >= 11 is 0. The maximum Gasteiger partial charge on any atom is 0.223 e. The molecule has 0 aliphatic carbocycles. The Morgan fingerprint density at radius 3 is 2.76 bits per heavy atom. The summed E-state index contributed by atoms with van der Waals surface area (Å²) in [5, 5.41) is 10.6. The zero-order valence-electron chi connectivity index (χ0n) is 18.4. The van der Waals surface area contributed by atoms with E-state index in [-0.39, 0.29) is 41.9 Å². The third kappa shape index (κ3) is 4.34. The van der Waals surface area contributed by atoms with Crippen LogP contribution in [0, 0.1) is 5.82 Å². The van der Waals surface area contributed by atoms with Crippen molar-refractivity contribution in [2.45, 2.75) is 18.6 Å². The van der Waals surface area contributed by atoms with E-state index in [0.717, 1.165) is 6.20 Å². The summed E-state index contributed by atoms with van der Waals surface area (Å²) in [6, 6.07) is 1.12. The van der Waals surface area contributed by atoms with E-state index >= 15 is 0 Å². The van der Waals surface area contributed by atoms with Crippen molar-refractivity contribution >= 4 is 27.3 Å². The first-order valence-corrected chi connectivity index (χ1v) is 12.7. The number of anilines is 2. The lowest BCUT2D eigenvalue weighted by atomic mass is 10.1. The molecule has 2 fully saturated rings. The van der Waals surface area contributed by atoms with Crippen LogP contribution in [0.1, 0.15) is 6.42 Å². The van der Waals surface area contributed by atoms with Crippen molar-refractivity contribution < 1.29 is 21.9 Å². The van der Waals surface area contributed by atoms with Crippen LogP contribution >= 0.6 is 0 Å². The minimum absolute atomic E-state index is 0.00775. The Bertz CT molecular complexity index is 1300. The molecule has 2 aliphatic heterocycles. The van der Waals surface area contributed by atoms with Crippen molar-refractivity contribution in [3.8, 4) is 17.1 Å². The molecule has 2 saturated heterocycles. The Morgan fingerprint density at radius 2 is 2.03 bits per heavy atom. The number of hydrogen-bond donors (Lipinski definition) is 2. The number of hydrogen-bond acceptors (Lipinski definition) is 10. The Kier molecular flexibility index (Phi) is 5.93. The van der Waals surface area contributed by atoms with E-state index in [1.807, 2.05) is 4.90 Å². The predicted molar refractivity (Wildman–Crippen MR) is 121 cm³/mol. The van der Waals surface area contributed by atoms with Gasteiger partial charge in [0.05, 0.1) is 37.1 Å². The molecule has 0 radical (unpaired) electrons. The zero-order valence-corrected chi connectivity index (χ0v) is 19.2. The van der Waals surface area contributed by atoms with Crippen molar-refractivity contribution in [1.29, 1.82) is 0 Å². The third-order valence-corrected chi connectivity index (χ3v) is 7.61. The summed E-state index contributed by atoms with van der Waals surface area (Å²) in [5.41, 5.74) is 0.618. The topological polar surface area (TPSA) is 127 Å². The summed E-state index contributed by atoms with van der Waals surface area (Å²) in [6.07, 6.45) is 1.75. The highest BCUT2D eigenvalue weighted by molar-refractivity contribution is 7.91. The smallest absolute Gasteiger partial charge is 0.223 e. The number of piperidine rings is 1. The van der Waals surface area contributed by atoms with Crippen molar-refractivity contribution in [1.82, 2.24) is 29.9 Å². The van der Waals surface area contributed by atoms with Gasteiger partial charge in [0.1, 0.15) is 17.6 Å². The van der Waals surface area contributed by atoms with Gasteiger partial charge in [-0.1, -0.05) is 0 Å². The number of nitrogens with zero attached hydrogens (tertiary/aromatic N) is 6. The largest absolute Gasteiger partial charge is 0.493 e. The zero-order chi connectivity index (χ0) is 23.9. The van der Waals surface area contributed by atoms with Crippen LogP contribution in [-0.2, 0) is 9.84 Å². The number of imidazole rings is 1. The summed E-state index contributed by atoms with van der Waals surface area (Å²) in [6.45, 7) is 1.52. The van der Waals surface area contributed by atoms with Gasteiger partial charge >= 0.3 is 0 Å². The lowest BCUT2D eigenvalue weighted by Gasteiger charge is -2.28. The monoisotopic (exact) mass is 494 g/mol. The van der Waals surface area contributed by atoms with E-state index < -0.39 is 27.9 Å². The van der Waals surface area contributed by atoms with E-state index in [1.54, 1.807) is 6.07 Å². The lowest BCUT2D eigenvalue weighted by Crippen LogP contribution is -2.46. The normalized spacial score (nSPS) is 22.6. The van der Waals surface area contributed by atoms with Gasteiger partial charge in [-0.15, -0.1) is 5.10 Å². The molecular weight excluding hydrogens is 470 g/mol. The van der Waals surface area contributed by atoms with Gasteiger partial charge in [-0.2, -0.15) is 0 Å². The molecule has 2 aliphatic rings. The SMILES string of the molecule is COc1cc2ncc(-c3nc(NC4CNCCC4F)ncc3F)n2nc1N1CCS(=O)(=O)CC1. The van der Waals surface area contributed by atoms with E-state index in [4.69, 9.17) is 4.74 Å². The lowest BCUT2D eigenvalue weighted by molar-refractivity contribution is 0.240. The van der Waals surface area contributed by atoms with Crippen molar-refractivity contribution in [3.05, 3.63) is 24.3 Å². The fourth-order valence-electron chi connectivity index (χ4n) is 4.09. The Morgan fingerprint density at radius 1 is 1.24 bits per heavy atom. The summed E-state index contributed by atoms with van der Waals surface area (Å²) in [4.78, 5) is 14.4. The molecule has 5 rings (SSSR count). The van der Waals surface area contributed by atoms with Crippen molar-refractivity contribution in [2.24, 2.45) is 0 Å². The number of methoxy groups -OCH3 is 1. The molecule has 14 heteroatoms. The molecule has 3 aromatic heterocycles. The fraction of sp³-hybridized carbons (Fsp3) is 0.500. The Hall–Kier alpha value is -3.13. The molecule has 3 aromatic rings. The van der Waals surface area contributed by atoms with Gasteiger partial charge in [-0.05, 0) is 13.0 Å². The second-order valence-electron chi connectivity index (χ2n) is 8.24. The van der Waals surface area contributed by atoms with Crippen LogP contribution in [0.25, 0.3) is 17.0 Å². The van der Waals surface area contributed by atoms with Crippen LogP contribution in [0.3, 0.4) is 0 Å². The van der Waals surface area contributed by atoms with Crippen LogP contribution in [0.2, 0.25) is 0 Å². The molecule has 0 saturated carbocycles. The number of nitrogens with one attached hydrogen (secondary N) is 2. The number of aromatic nitrogens is 5. The second-order valence-corrected chi connectivity index (χ2v) is 10.5. The van der Waals surface area contributed by atoms with Gasteiger partial charge in [-0.25, -0.2) is 36.7 Å². The van der Waals surface area contributed by atoms with Gasteiger partial charge < -0.3 is 20.3 Å². The van der Waals surface area contributed by atoms with E-state index in [9.17, 15) is 17.2 Å². The average molecular weight is 495 g/mol. The first-order valence-electron chi connectivity index (χ1n) is 10.9. The fourth-order valence-corrected chi connectivity index (χ4v) is 5.30. The molecule has 0 aromatic carbocycles. The number of sulfone groups is 1. The van der Waals surface area contributed by atoms with Crippen LogP contribution in [0.15, 0.2) is 18.5 Å². The molecule has 2 N–H and O–H groups in total. The minimum Gasteiger partial charge on any atom is -0.493 e. The van der Waals surface area contributed by atoms with Crippen molar-refractivity contribution in [2.75, 3.05) is 55.0 Å². The highest BCUT2D eigenvalue weighted by Crippen LogP contribution is 2.31. The van der Waals surface area contributed by atoms with Gasteiger partial charge in [0.25, 0.3) is 0 Å². The second kappa shape index (κ2) is 8.91. The third-order valence-electron chi connectivity index (χ3n) is 6.00. The van der Waals surface area contributed by atoms with Crippen LogP contribution in [0.4, 0.5) is 20.5 Å². The predicted octanol–water partition coefficient (Wildman–Crippen LogP) is 0.681. The minimum atomic E-state index is -3.09. The highest BCUT2D eigenvalue weighted by atomic mass is 32.2. The van der Waals surface area contributed by atoms with Gasteiger partial charge in [0.15, 0.2) is 32.9 Å². The molecular formula is C20H24F2N8O3S. The maximum atomic E-state index is 14.8. The van der Waals surface area contributed by atoms with Crippen LogP contribution in [-0.4, -0.2) is 90.0 Å². The molecule has 0 bridgehead atoms. The molecule has 2 atom stereocenters. The molecule has 0 amide bonds. The highest BCUT2D eigenvalue weighted by Gasteiger charge is 2.28. The van der Waals surface area contributed by atoms with Gasteiger partial charge in [0, 0.05) is 25.7 Å². The van der Waals surface area contributed by atoms with Gasteiger partial charge in [0.2, 0.25) is 5.95 Å². The van der Waals surface area contributed by atoms with Gasteiger partial charge in [-0.3, -0.25) is 0 Å². The quantitative estimate of drug-likeness (QED) is 0.523. The summed E-state index contributed by atoms with van der Waals surface area (Å²) in [5.74, 6) is 0.271. The number of halogens is 2. The van der Waals surface area contributed by atoms with E-state index in [1.165, 1.54) is 17.8 Å². The van der Waals surface area contributed by atoms with Crippen LogP contribution < -0.4 is 20.3 Å². The molecule has 2 unspecified atom stereocenters. The standard InChI is InChI=1S/C20H24F2N8O3S/c1-33-16-8-17-24-11-15(30(17)28-19(16)29-4-6-34(31,32)7-5-29)18-13(22)9-25-20(27-18)26-14-10-23-3-2-12(14)21/h8-9,11-12,14,23H,2-7,10H2,1H3,(H,25,26,27). The number of ether oxygens (including phenoxy) is 1. The number of rotatable bonds is 5. The molecule has 0 spiro atoms. The Labute approximate surface area is 194 Å². The molecule has 182 valence electrons. The van der Waals surface area contributed by atoms with E-state index in [2.05, 4.69) is 30.7 Å². The maximum absolute atomic E-state index is 14.8.